The average Bonchev–Trinajstić information content (AvgIpc) is 2.18. The smallest absolute Gasteiger partial charge is 0.327 e. The predicted molar refractivity (Wildman–Crippen MR) is 57.3 cm³/mol. The second-order valence-corrected chi connectivity index (χ2v) is 3.77. The van der Waals surface area contributed by atoms with Crippen LogP contribution in [-0.4, -0.2) is 10.0 Å². The molecule has 0 aliphatic rings. The van der Waals surface area contributed by atoms with Crippen molar-refractivity contribution in [2.24, 2.45) is 0 Å². The van der Waals surface area contributed by atoms with Gasteiger partial charge in [0.15, 0.2) is 0 Å². The number of aliphatic hydroxyl groups is 1. The van der Waals surface area contributed by atoms with E-state index in [4.69, 9.17) is 11.6 Å². The van der Waals surface area contributed by atoms with Gasteiger partial charge < -0.3 is 5.11 Å². The number of halogens is 1. The van der Waals surface area contributed by atoms with Crippen molar-refractivity contribution in [2.45, 2.75) is 25.5 Å². The Hall–Kier alpha value is -1.13. The summed E-state index contributed by atoms with van der Waals surface area (Å²) >= 11 is 5.67. The number of nitro groups is 1. The average molecular weight is 230 g/mol. The minimum Gasteiger partial charge on any atom is -0.327 e. The molecule has 5 heteroatoms. The van der Waals surface area contributed by atoms with E-state index in [9.17, 15) is 15.2 Å². The van der Waals surface area contributed by atoms with Gasteiger partial charge in [-0.15, -0.1) is 0 Å². The third-order valence-electron chi connectivity index (χ3n) is 2.21. The molecule has 0 aliphatic carbocycles. The van der Waals surface area contributed by atoms with Crippen molar-refractivity contribution in [1.82, 2.24) is 0 Å². The molecule has 0 saturated carbocycles. The maximum atomic E-state index is 10.8. The van der Waals surface area contributed by atoms with E-state index in [0.717, 1.165) is 0 Å². The molecule has 0 heterocycles. The zero-order valence-corrected chi connectivity index (χ0v) is 9.07. The fourth-order valence-electron chi connectivity index (χ4n) is 1.41. The van der Waals surface area contributed by atoms with E-state index in [1.807, 2.05) is 0 Å². The van der Waals surface area contributed by atoms with Crippen LogP contribution < -0.4 is 0 Å². The van der Waals surface area contributed by atoms with Crippen LogP contribution in [0.15, 0.2) is 24.3 Å². The van der Waals surface area contributed by atoms with Crippen molar-refractivity contribution in [3.05, 3.63) is 45.0 Å². The molecule has 1 N–H and O–H groups in total. The first-order valence-corrected chi connectivity index (χ1v) is 5.01. The Labute approximate surface area is 92.6 Å². The third-order valence-corrected chi connectivity index (χ3v) is 2.46. The fourth-order valence-corrected chi connectivity index (χ4v) is 1.53. The van der Waals surface area contributed by atoms with Crippen LogP contribution in [-0.2, 0) is 5.72 Å². The lowest BCUT2D eigenvalue weighted by Crippen LogP contribution is -2.34. The Kier molecular flexibility index (Phi) is 3.66. The van der Waals surface area contributed by atoms with Crippen molar-refractivity contribution < 1.29 is 10.0 Å². The molecule has 1 aromatic rings. The Balaban J connectivity index is 3.09. The number of hydrogen-bond acceptors (Lipinski definition) is 3. The Morgan fingerprint density at radius 3 is 2.40 bits per heavy atom. The molecule has 0 saturated heterocycles. The highest BCUT2D eigenvalue weighted by Gasteiger charge is 2.41. The molecule has 0 spiro atoms. The van der Waals surface area contributed by atoms with E-state index in [2.05, 4.69) is 0 Å². The summed E-state index contributed by atoms with van der Waals surface area (Å²) in [5, 5.41) is 21.2. The molecule has 0 fully saturated rings. The van der Waals surface area contributed by atoms with E-state index in [-0.39, 0.29) is 12.0 Å². The van der Waals surface area contributed by atoms with Gasteiger partial charge in [0, 0.05) is 11.4 Å². The summed E-state index contributed by atoms with van der Waals surface area (Å²) in [5.74, 6) is 0. The number of nitrogens with zero attached hydrogens (tertiary/aromatic N) is 1. The van der Waals surface area contributed by atoms with E-state index in [1.54, 1.807) is 6.92 Å². The first-order chi connectivity index (χ1) is 7.00. The molecule has 82 valence electrons. The molecule has 0 aromatic heterocycles. The Morgan fingerprint density at radius 2 is 2.00 bits per heavy atom. The lowest BCUT2D eigenvalue weighted by molar-refractivity contribution is -0.637. The van der Waals surface area contributed by atoms with Gasteiger partial charge in [-0.1, -0.05) is 18.5 Å². The van der Waals surface area contributed by atoms with Crippen LogP contribution in [0.1, 0.15) is 25.3 Å². The Bertz CT molecular complexity index is 352. The molecule has 0 amide bonds. The minimum absolute atomic E-state index is 0.0850. The van der Waals surface area contributed by atoms with Crippen molar-refractivity contribution in [3.63, 3.8) is 0 Å². The zero-order chi connectivity index (χ0) is 11.5. The summed E-state index contributed by atoms with van der Waals surface area (Å²) in [6.07, 6.45) is 0.613. The molecule has 0 bridgehead atoms. The summed E-state index contributed by atoms with van der Waals surface area (Å²) < 4.78 is 0. The van der Waals surface area contributed by atoms with Crippen LogP contribution in [0.4, 0.5) is 0 Å². The first-order valence-electron chi connectivity index (χ1n) is 4.63. The quantitative estimate of drug-likeness (QED) is 0.490. The van der Waals surface area contributed by atoms with Gasteiger partial charge in [-0.3, -0.25) is 10.1 Å². The molecule has 0 radical (unpaired) electrons. The second-order valence-electron chi connectivity index (χ2n) is 3.33. The van der Waals surface area contributed by atoms with Crippen LogP contribution in [0, 0.1) is 10.1 Å². The van der Waals surface area contributed by atoms with Crippen LogP contribution in [0.5, 0.6) is 0 Å². The summed E-state index contributed by atoms with van der Waals surface area (Å²) in [7, 11) is 0. The highest BCUT2D eigenvalue weighted by Crippen LogP contribution is 2.27. The maximum Gasteiger partial charge on any atom is 0.348 e. The van der Waals surface area contributed by atoms with E-state index < -0.39 is 10.6 Å². The Morgan fingerprint density at radius 1 is 1.47 bits per heavy atom. The molecular weight excluding hydrogens is 218 g/mol. The topological polar surface area (TPSA) is 63.4 Å². The number of hydrogen-bond donors (Lipinski definition) is 1. The number of benzene rings is 1. The highest BCUT2D eigenvalue weighted by atomic mass is 35.5. The number of rotatable bonds is 4. The molecule has 1 atom stereocenters. The molecular formula is C10H12ClNO3. The maximum absolute atomic E-state index is 10.8. The van der Waals surface area contributed by atoms with Crippen molar-refractivity contribution in [1.29, 1.82) is 0 Å². The lowest BCUT2D eigenvalue weighted by atomic mass is 9.99. The summed E-state index contributed by atoms with van der Waals surface area (Å²) in [4.78, 5) is 10.2. The van der Waals surface area contributed by atoms with Gasteiger partial charge in [-0.05, 0) is 30.7 Å². The lowest BCUT2D eigenvalue weighted by Gasteiger charge is -2.18. The minimum atomic E-state index is -2.00. The van der Waals surface area contributed by atoms with Gasteiger partial charge in [-0.25, -0.2) is 0 Å². The van der Waals surface area contributed by atoms with Gasteiger partial charge in [0.2, 0.25) is 0 Å². The fraction of sp³-hybridized carbons (Fsp3) is 0.400. The van der Waals surface area contributed by atoms with Gasteiger partial charge >= 0.3 is 5.72 Å². The van der Waals surface area contributed by atoms with Crippen LogP contribution in [0.25, 0.3) is 0 Å². The van der Waals surface area contributed by atoms with Crippen molar-refractivity contribution in [3.8, 4) is 0 Å². The first kappa shape index (κ1) is 11.9. The summed E-state index contributed by atoms with van der Waals surface area (Å²) in [6, 6.07) is 6.00. The van der Waals surface area contributed by atoms with E-state index in [0.29, 0.717) is 11.4 Å². The van der Waals surface area contributed by atoms with Gasteiger partial charge in [0.1, 0.15) is 0 Å². The zero-order valence-electron chi connectivity index (χ0n) is 8.31. The van der Waals surface area contributed by atoms with Gasteiger partial charge in [-0.2, -0.15) is 0 Å². The molecule has 15 heavy (non-hydrogen) atoms. The van der Waals surface area contributed by atoms with Gasteiger partial charge in [0.25, 0.3) is 0 Å². The molecule has 0 aliphatic heterocycles. The summed E-state index contributed by atoms with van der Waals surface area (Å²) in [6.45, 7) is 1.78. The van der Waals surface area contributed by atoms with E-state index in [1.165, 1.54) is 24.3 Å². The third kappa shape index (κ3) is 2.46. The standard InChI is InChI=1S/C10H12ClNO3/c1-2-7-10(13,12(14)15)8-3-5-9(11)6-4-8/h3-6,13H,2,7H2,1H3. The van der Waals surface area contributed by atoms with Gasteiger partial charge in [0.05, 0.1) is 10.5 Å². The van der Waals surface area contributed by atoms with Crippen LogP contribution in [0.3, 0.4) is 0 Å². The normalized spacial score (nSPS) is 14.6. The van der Waals surface area contributed by atoms with Crippen molar-refractivity contribution >= 4 is 11.6 Å². The largest absolute Gasteiger partial charge is 0.348 e. The molecule has 1 rings (SSSR count). The predicted octanol–water partition coefficient (Wildman–Crippen LogP) is 2.56. The second kappa shape index (κ2) is 4.59. The molecule has 1 aromatic carbocycles. The van der Waals surface area contributed by atoms with Crippen LogP contribution in [0.2, 0.25) is 5.02 Å². The SMILES string of the molecule is CCCC(O)(c1ccc(Cl)cc1)[N+](=O)[O-]. The van der Waals surface area contributed by atoms with Crippen LogP contribution >= 0.6 is 11.6 Å². The molecule has 4 nitrogen and oxygen atoms in total. The highest BCUT2D eigenvalue weighted by molar-refractivity contribution is 6.30. The molecule has 1 unspecified atom stereocenters. The van der Waals surface area contributed by atoms with E-state index >= 15 is 0 Å². The van der Waals surface area contributed by atoms with Crippen molar-refractivity contribution in [2.75, 3.05) is 0 Å². The summed E-state index contributed by atoms with van der Waals surface area (Å²) in [5.41, 5.74) is -1.74. The monoisotopic (exact) mass is 229 g/mol.